The molecule has 1 aliphatic rings. The average molecular weight is 393 g/mol. The van der Waals surface area contributed by atoms with Gasteiger partial charge < -0.3 is 25.2 Å². The lowest BCUT2D eigenvalue weighted by Crippen LogP contribution is -2.48. The summed E-state index contributed by atoms with van der Waals surface area (Å²) in [7, 11) is 1.56. The Morgan fingerprint density at radius 1 is 1.29 bits per heavy atom. The molecule has 0 bridgehead atoms. The second kappa shape index (κ2) is 11.8. The molecular weight excluding hydrogens is 356 g/mol. The highest BCUT2D eigenvalue weighted by Crippen LogP contribution is 2.29. The Morgan fingerprint density at radius 2 is 2.04 bits per heavy atom. The lowest BCUT2D eigenvalue weighted by Gasteiger charge is -2.36. The van der Waals surface area contributed by atoms with Gasteiger partial charge in [0.2, 0.25) is 0 Å². The largest absolute Gasteiger partial charge is 0.504 e. The highest BCUT2D eigenvalue weighted by atomic mass is 16.5. The van der Waals surface area contributed by atoms with Crippen LogP contribution in [-0.2, 0) is 11.2 Å². The van der Waals surface area contributed by atoms with Crippen LogP contribution in [0.15, 0.2) is 23.2 Å². The van der Waals surface area contributed by atoms with Crippen LogP contribution in [-0.4, -0.2) is 75.1 Å². The number of nitrogens with zero attached hydrogens (tertiary/aromatic N) is 2. The Bertz CT molecular complexity index is 616. The molecule has 2 rings (SSSR count). The van der Waals surface area contributed by atoms with Crippen LogP contribution < -0.4 is 15.4 Å². The quantitative estimate of drug-likeness (QED) is 0.440. The van der Waals surface area contributed by atoms with Gasteiger partial charge in [0.25, 0.3) is 0 Å². The fraction of sp³-hybridized carbons (Fsp3) is 0.667. The molecule has 0 aromatic heterocycles. The predicted octanol–water partition coefficient (Wildman–Crippen LogP) is 1.86. The van der Waals surface area contributed by atoms with Crippen LogP contribution in [0.2, 0.25) is 0 Å². The summed E-state index contributed by atoms with van der Waals surface area (Å²) in [5.41, 5.74) is 0.857. The number of ether oxygens (including phenoxy) is 2. The molecule has 7 heteroatoms. The van der Waals surface area contributed by atoms with E-state index in [-0.39, 0.29) is 5.75 Å². The first-order chi connectivity index (χ1) is 13.6. The number of benzene rings is 1. The number of morpholine rings is 1. The summed E-state index contributed by atoms with van der Waals surface area (Å²) in [5, 5.41) is 16.9. The van der Waals surface area contributed by atoms with Gasteiger partial charge in [-0.25, -0.2) is 0 Å². The van der Waals surface area contributed by atoms with Gasteiger partial charge >= 0.3 is 0 Å². The van der Waals surface area contributed by atoms with Crippen LogP contribution >= 0.6 is 0 Å². The van der Waals surface area contributed by atoms with Gasteiger partial charge in [0.05, 0.1) is 26.9 Å². The molecule has 3 N–H and O–H groups in total. The van der Waals surface area contributed by atoms with Crippen molar-refractivity contribution >= 4 is 5.96 Å². The molecular formula is C21H36N4O3. The minimum Gasteiger partial charge on any atom is -0.504 e. The van der Waals surface area contributed by atoms with E-state index in [1.54, 1.807) is 13.2 Å². The number of guanidine groups is 1. The van der Waals surface area contributed by atoms with Gasteiger partial charge in [-0.1, -0.05) is 26.0 Å². The van der Waals surface area contributed by atoms with Crippen molar-refractivity contribution in [3.63, 3.8) is 0 Å². The van der Waals surface area contributed by atoms with E-state index in [1.165, 1.54) is 0 Å². The molecule has 1 saturated heterocycles. The number of methoxy groups -OCH3 is 1. The van der Waals surface area contributed by atoms with Gasteiger partial charge in [0, 0.05) is 32.2 Å². The number of rotatable bonds is 9. The number of hydrogen-bond donors (Lipinski definition) is 3. The van der Waals surface area contributed by atoms with E-state index in [0.717, 1.165) is 50.9 Å². The highest BCUT2D eigenvalue weighted by Gasteiger charge is 2.23. The van der Waals surface area contributed by atoms with Crippen LogP contribution in [0.1, 0.15) is 26.3 Å². The summed E-state index contributed by atoms with van der Waals surface area (Å²) < 4.78 is 10.7. The first-order valence-corrected chi connectivity index (χ1v) is 10.3. The molecule has 28 heavy (non-hydrogen) atoms. The first kappa shape index (κ1) is 22.3. The summed E-state index contributed by atoms with van der Waals surface area (Å²) >= 11 is 0. The Kier molecular flexibility index (Phi) is 9.37. The monoisotopic (exact) mass is 392 g/mol. The molecule has 1 aromatic carbocycles. The molecule has 0 spiro atoms. The summed E-state index contributed by atoms with van der Waals surface area (Å²) in [6, 6.07) is 5.97. The number of nitrogens with one attached hydrogen (secondary N) is 2. The maximum absolute atomic E-state index is 10.2. The number of aliphatic imine (C=N–C) groups is 1. The van der Waals surface area contributed by atoms with Gasteiger partial charge in [0.1, 0.15) is 0 Å². The fourth-order valence-corrected chi connectivity index (χ4v) is 3.43. The van der Waals surface area contributed by atoms with E-state index < -0.39 is 0 Å². The smallest absolute Gasteiger partial charge is 0.191 e. The van der Waals surface area contributed by atoms with Crippen LogP contribution in [0.25, 0.3) is 0 Å². The maximum atomic E-state index is 10.2. The van der Waals surface area contributed by atoms with Gasteiger partial charge in [0.15, 0.2) is 17.5 Å². The third-order valence-electron chi connectivity index (χ3n) is 5.05. The molecule has 1 aromatic rings. The molecule has 0 amide bonds. The van der Waals surface area contributed by atoms with Crippen molar-refractivity contribution in [2.45, 2.75) is 33.2 Å². The van der Waals surface area contributed by atoms with Crippen LogP contribution in [0, 0.1) is 5.92 Å². The zero-order valence-electron chi connectivity index (χ0n) is 17.7. The Labute approximate surface area is 169 Å². The van der Waals surface area contributed by atoms with Crippen molar-refractivity contribution in [3.05, 3.63) is 23.8 Å². The molecule has 7 nitrogen and oxygen atoms in total. The van der Waals surface area contributed by atoms with Crippen LogP contribution in [0.3, 0.4) is 0 Å². The Balaban J connectivity index is 1.93. The highest BCUT2D eigenvalue weighted by molar-refractivity contribution is 5.79. The third-order valence-corrected chi connectivity index (χ3v) is 5.05. The molecule has 0 saturated carbocycles. The van der Waals surface area contributed by atoms with E-state index in [0.29, 0.717) is 30.7 Å². The molecule has 1 unspecified atom stereocenters. The first-order valence-electron chi connectivity index (χ1n) is 10.3. The molecule has 1 heterocycles. The summed E-state index contributed by atoms with van der Waals surface area (Å²) in [6.45, 7) is 12.3. The molecule has 1 aliphatic heterocycles. The summed E-state index contributed by atoms with van der Waals surface area (Å²) in [5.74, 6) is 2.05. The lowest BCUT2D eigenvalue weighted by molar-refractivity contribution is 0.00867. The summed E-state index contributed by atoms with van der Waals surface area (Å²) in [4.78, 5) is 7.30. The van der Waals surface area contributed by atoms with Crippen molar-refractivity contribution in [1.82, 2.24) is 15.5 Å². The van der Waals surface area contributed by atoms with Crippen molar-refractivity contribution in [3.8, 4) is 11.5 Å². The van der Waals surface area contributed by atoms with Gasteiger partial charge in [-0.15, -0.1) is 0 Å². The summed E-state index contributed by atoms with van der Waals surface area (Å²) in [6.07, 6.45) is 0.685. The van der Waals surface area contributed by atoms with Crippen molar-refractivity contribution in [2.24, 2.45) is 10.9 Å². The zero-order chi connectivity index (χ0) is 20.4. The van der Waals surface area contributed by atoms with E-state index in [1.807, 2.05) is 12.1 Å². The number of aromatic hydroxyl groups is 1. The van der Waals surface area contributed by atoms with Gasteiger partial charge in [-0.2, -0.15) is 0 Å². The van der Waals surface area contributed by atoms with E-state index in [2.05, 4.69) is 36.3 Å². The second-order valence-corrected chi connectivity index (χ2v) is 7.32. The van der Waals surface area contributed by atoms with Crippen molar-refractivity contribution in [2.75, 3.05) is 53.0 Å². The minimum absolute atomic E-state index is 0.209. The van der Waals surface area contributed by atoms with Crippen molar-refractivity contribution < 1.29 is 14.6 Å². The molecule has 1 atom stereocenters. The normalized spacial score (nSPS) is 16.8. The number of phenols is 1. The van der Waals surface area contributed by atoms with E-state index >= 15 is 0 Å². The SMILES string of the molecule is CCNC(=NCC(C(C)C)N1CCOCC1)NCCc1cccc(OC)c1O. The number of phenolic OH excluding ortho intramolecular Hbond substituents is 1. The Hall–Kier alpha value is -1.99. The predicted molar refractivity (Wildman–Crippen MR) is 113 cm³/mol. The van der Waals surface area contributed by atoms with Crippen LogP contribution in [0.5, 0.6) is 11.5 Å². The number of hydrogen-bond acceptors (Lipinski definition) is 5. The average Bonchev–Trinajstić information content (AvgIpc) is 2.70. The Morgan fingerprint density at radius 3 is 2.68 bits per heavy atom. The van der Waals surface area contributed by atoms with Crippen molar-refractivity contribution in [1.29, 1.82) is 0 Å². The topological polar surface area (TPSA) is 78.4 Å². The van der Waals surface area contributed by atoms with Gasteiger partial charge in [-0.3, -0.25) is 9.89 Å². The lowest BCUT2D eigenvalue weighted by atomic mass is 10.0. The zero-order valence-corrected chi connectivity index (χ0v) is 17.7. The van der Waals surface area contributed by atoms with E-state index in [9.17, 15) is 5.11 Å². The number of para-hydroxylation sites is 1. The maximum Gasteiger partial charge on any atom is 0.191 e. The molecule has 0 aliphatic carbocycles. The standard InChI is InChI=1S/C21H36N4O3/c1-5-22-21(23-10-9-17-7-6-8-19(27-4)20(17)26)24-15-18(16(2)3)25-11-13-28-14-12-25/h6-8,16,18,26H,5,9-15H2,1-4H3,(H2,22,23,24). The molecule has 158 valence electrons. The van der Waals surface area contributed by atoms with Gasteiger partial charge in [-0.05, 0) is 30.9 Å². The van der Waals surface area contributed by atoms with E-state index in [4.69, 9.17) is 14.5 Å². The molecule has 0 radical (unpaired) electrons. The fourth-order valence-electron chi connectivity index (χ4n) is 3.43. The third kappa shape index (κ3) is 6.56. The van der Waals surface area contributed by atoms with Crippen LogP contribution in [0.4, 0.5) is 0 Å². The molecule has 1 fully saturated rings. The second-order valence-electron chi connectivity index (χ2n) is 7.32. The minimum atomic E-state index is 0.209.